The number of hydrogen-bond acceptors (Lipinski definition) is 4. The van der Waals surface area contributed by atoms with E-state index in [0.717, 1.165) is 23.2 Å². The molecule has 24 heavy (non-hydrogen) atoms. The van der Waals surface area contributed by atoms with Crippen molar-refractivity contribution in [3.8, 4) is 0 Å². The van der Waals surface area contributed by atoms with Crippen LogP contribution in [0.3, 0.4) is 0 Å². The summed E-state index contributed by atoms with van der Waals surface area (Å²) in [6.07, 6.45) is -0.731. The molecule has 0 spiro atoms. The topological polar surface area (TPSA) is 72.8 Å². The molecule has 0 bridgehead atoms. The standard InChI is InChI=1S/C19H24N2O3/c1-21(2)16-10-8-15(9-11-16)17(18(22)19(23)24)20-13-12-14-6-4-3-5-7-14/h3-11,17-18,20,22H,12-13H2,1-2H3,(H,23,24)/t17-,18+/m0/s1. The van der Waals surface area contributed by atoms with Crippen molar-refractivity contribution in [1.29, 1.82) is 0 Å². The highest BCUT2D eigenvalue weighted by Crippen LogP contribution is 2.21. The van der Waals surface area contributed by atoms with Crippen LogP contribution in [-0.2, 0) is 11.2 Å². The molecule has 0 saturated carbocycles. The van der Waals surface area contributed by atoms with Crippen LogP contribution >= 0.6 is 0 Å². The highest BCUT2D eigenvalue weighted by molar-refractivity contribution is 5.73. The van der Waals surface area contributed by atoms with Crippen LogP contribution in [0, 0.1) is 0 Å². The average Bonchev–Trinajstić information content (AvgIpc) is 2.59. The Hall–Kier alpha value is -2.37. The molecule has 2 aromatic carbocycles. The summed E-state index contributed by atoms with van der Waals surface area (Å²) >= 11 is 0. The van der Waals surface area contributed by atoms with Gasteiger partial charge in [0.2, 0.25) is 0 Å². The maximum atomic E-state index is 11.2. The van der Waals surface area contributed by atoms with E-state index in [1.54, 1.807) is 0 Å². The lowest BCUT2D eigenvalue weighted by Gasteiger charge is -2.23. The molecule has 2 atom stereocenters. The molecule has 0 radical (unpaired) electrons. The Balaban J connectivity index is 2.08. The zero-order valence-electron chi connectivity index (χ0n) is 14.0. The summed E-state index contributed by atoms with van der Waals surface area (Å²) in [5, 5.41) is 22.4. The van der Waals surface area contributed by atoms with Crippen molar-refractivity contribution in [3.05, 3.63) is 65.7 Å². The minimum absolute atomic E-state index is 0.578. The lowest BCUT2D eigenvalue weighted by molar-refractivity contribution is -0.148. The summed E-state index contributed by atoms with van der Waals surface area (Å²) in [4.78, 5) is 13.2. The quantitative estimate of drug-likeness (QED) is 0.692. The average molecular weight is 328 g/mol. The van der Waals surface area contributed by atoms with Gasteiger partial charge in [-0.15, -0.1) is 0 Å². The Morgan fingerprint density at radius 2 is 1.71 bits per heavy atom. The Bertz CT molecular complexity index is 641. The summed E-state index contributed by atoms with van der Waals surface area (Å²) in [6.45, 7) is 0.578. The number of hydrogen-bond donors (Lipinski definition) is 3. The molecule has 5 heteroatoms. The molecule has 0 amide bonds. The van der Waals surface area contributed by atoms with Crippen LogP contribution in [0.2, 0.25) is 0 Å². The normalized spacial score (nSPS) is 13.3. The number of anilines is 1. The van der Waals surface area contributed by atoms with Gasteiger partial charge in [-0.3, -0.25) is 0 Å². The zero-order valence-corrected chi connectivity index (χ0v) is 14.0. The van der Waals surface area contributed by atoms with Gasteiger partial charge in [-0.25, -0.2) is 4.79 Å². The van der Waals surface area contributed by atoms with Crippen LogP contribution in [0.4, 0.5) is 5.69 Å². The number of carboxylic acids is 1. The number of rotatable bonds is 8. The number of carboxylic acid groups (broad SMARTS) is 1. The van der Waals surface area contributed by atoms with Crippen LogP contribution in [0.15, 0.2) is 54.6 Å². The fourth-order valence-electron chi connectivity index (χ4n) is 2.55. The van der Waals surface area contributed by atoms with Crippen LogP contribution in [0.5, 0.6) is 0 Å². The predicted octanol–water partition coefficient (Wildman–Crippen LogP) is 2.07. The van der Waals surface area contributed by atoms with Gasteiger partial charge >= 0.3 is 5.97 Å². The second-order valence-electron chi connectivity index (χ2n) is 5.94. The van der Waals surface area contributed by atoms with Gasteiger partial charge < -0.3 is 20.4 Å². The van der Waals surface area contributed by atoms with Crippen LogP contribution < -0.4 is 10.2 Å². The summed E-state index contributed by atoms with van der Waals surface area (Å²) in [7, 11) is 3.88. The Kier molecular flexibility index (Phi) is 6.35. The number of aliphatic hydroxyl groups excluding tert-OH is 1. The molecular formula is C19H24N2O3. The summed E-state index contributed by atoms with van der Waals surface area (Å²) < 4.78 is 0. The molecule has 0 unspecified atom stereocenters. The molecular weight excluding hydrogens is 304 g/mol. The summed E-state index contributed by atoms with van der Waals surface area (Å²) in [5.74, 6) is -1.23. The van der Waals surface area contributed by atoms with E-state index in [0.29, 0.717) is 6.54 Å². The third-order valence-electron chi connectivity index (χ3n) is 3.96. The van der Waals surface area contributed by atoms with E-state index in [2.05, 4.69) is 5.32 Å². The first-order valence-corrected chi connectivity index (χ1v) is 7.94. The third kappa shape index (κ3) is 4.81. The van der Waals surface area contributed by atoms with Gasteiger partial charge in [0.25, 0.3) is 0 Å². The number of carbonyl (C=O) groups is 1. The van der Waals surface area contributed by atoms with Gasteiger partial charge in [0, 0.05) is 19.8 Å². The second kappa shape index (κ2) is 8.47. The van der Waals surface area contributed by atoms with Gasteiger partial charge in [0.1, 0.15) is 0 Å². The molecule has 0 aromatic heterocycles. The molecule has 5 nitrogen and oxygen atoms in total. The number of aliphatic hydroxyl groups is 1. The fraction of sp³-hybridized carbons (Fsp3) is 0.316. The number of benzene rings is 2. The van der Waals surface area contributed by atoms with Crippen molar-refractivity contribution < 1.29 is 15.0 Å². The van der Waals surface area contributed by atoms with Gasteiger partial charge in [-0.2, -0.15) is 0 Å². The van der Waals surface area contributed by atoms with Crippen molar-refractivity contribution in [2.45, 2.75) is 18.6 Å². The largest absolute Gasteiger partial charge is 0.479 e. The highest BCUT2D eigenvalue weighted by Gasteiger charge is 2.26. The predicted molar refractivity (Wildman–Crippen MR) is 95.3 cm³/mol. The van der Waals surface area contributed by atoms with E-state index in [9.17, 15) is 15.0 Å². The molecule has 0 fully saturated rings. The van der Waals surface area contributed by atoms with E-state index in [4.69, 9.17) is 0 Å². The smallest absolute Gasteiger partial charge is 0.334 e. The van der Waals surface area contributed by atoms with Gasteiger partial charge in [-0.05, 0) is 36.2 Å². The molecule has 2 aromatic rings. The van der Waals surface area contributed by atoms with E-state index in [-0.39, 0.29) is 0 Å². The number of nitrogens with zero attached hydrogens (tertiary/aromatic N) is 1. The third-order valence-corrected chi connectivity index (χ3v) is 3.96. The van der Waals surface area contributed by atoms with Crippen molar-refractivity contribution in [2.24, 2.45) is 0 Å². The lowest BCUT2D eigenvalue weighted by atomic mass is 10.0. The molecule has 0 heterocycles. The monoisotopic (exact) mass is 328 g/mol. The molecule has 2 rings (SSSR count). The minimum atomic E-state index is -1.49. The molecule has 0 saturated heterocycles. The van der Waals surface area contributed by atoms with Gasteiger partial charge in [0.05, 0.1) is 6.04 Å². The van der Waals surface area contributed by atoms with Crippen LogP contribution in [-0.4, -0.2) is 42.9 Å². The van der Waals surface area contributed by atoms with Gasteiger partial charge in [0.15, 0.2) is 6.10 Å². The first kappa shape index (κ1) is 18.0. The minimum Gasteiger partial charge on any atom is -0.479 e. The van der Waals surface area contributed by atoms with E-state index in [1.807, 2.05) is 73.6 Å². The van der Waals surface area contributed by atoms with E-state index in [1.165, 1.54) is 0 Å². The van der Waals surface area contributed by atoms with Crippen molar-refractivity contribution >= 4 is 11.7 Å². The number of aliphatic carboxylic acids is 1. The first-order chi connectivity index (χ1) is 11.5. The maximum absolute atomic E-state index is 11.2. The van der Waals surface area contributed by atoms with Crippen LogP contribution in [0.1, 0.15) is 17.2 Å². The summed E-state index contributed by atoms with van der Waals surface area (Å²) in [6, 6.07) is 16.8. The Morgan fingerprint density at radius 1 is 1.08 bits per heavy atom. The SMILES string of the molecule is CN(C)c1ccc([C@H](NCCc2ccccc2)[C@@H](O)C(=O)O)cc1. The van der Waals surface area contributed by atoms with Crippen molar-refractivity contribution in [3.63, 3.8) is 0 Å². The molecule has 128 valence electrons. The molecule has 0 aliphatic heterocycles. The highest BCUT2D eigenvalue weighted by atomic mass is 16.4. The zero-order chi connectivity index (χ0) is 17.5. The number of nitrogens with one attached hydrogen (secondary N) is 1. The van der Waals surface area contributed by atoms with Crippen LogP contribution in [0.25, 0.3) is 0 Å². The molecule has 3 N–H and O–H groups in total. The van der Waals surface area contributed by atoms with Crippen molar-refractivity contribution in [1.82, 2.24) is 5.32 Å². The first-order valence-electron chi connectivity index (χ1n) is 7.94. The molecule has 0 aliphatic carbocycles. The Labute approximate surface area is 142 Å². The Morgan fingerprint density at radius 3 is 2.25 bits per heavy atom. The van der Waals surface area contributed by atoms with E-state index >= 15 is 0 Å². The fourth-order valence-corrected chi connectivity index (χ4v) is 2.55. The van der Waals surface area contributed by atoms with E-state index < -0.39 is 18.1 Å². The lowest BCUT2D eigenvalue weighted by Crippen LogP contribution is -2.38. The van der Waals surface area contributed by atoms with Gasteiger partial charge in [-0.1, -0.05) is 42.5 Å². The molecule has 0 aliphatic rings. The van der Waals surface area contributed by atoms with Crippen molar-refractivity contribution in [2.75, 3.05) is 25.5 Å². The summed E-state index contributed by atoms with van der Waals surface area (Å²) in [5.41, 5.74) is 2.94. The maximum Gasteiger partial charge on any atom is 0.334 e. The second-order valence-corrected chi connectivity index (χ2v) is 5.94.